The molecule has 0 amide bonds. The number of rotatable bonds is 5. The molecule has 3 heterocycles. The van der Waals surface area contributed by atoms with Crippen LogP contribution in [0.3, 0.4) is 0 Å². The first-order valence-electron chi connectivity index (χ1n) is 10.9. The summed E-state index contributed by atoms with van der Waals surface area (Å²) in [6.07, 6.45) is 1.59. The molecule has 5 rings (SSSR count). The second kappa shape index (κ2) is 8.53. The number of aryl methyl sites for hydroxylation is 2. The molecule has 6 nitrogen and oxygen atoms in total. The quantitative estimate of drug-likeness (QED) is 0.426. The third kappa shape index (κ3) is 3.85. The zero-order chi connectivity index (χ0) is 23.1. The number of alkyl halides is 2. The number of anilines is 2. The highest BCUT2D eigenvalue weighted by Crippen LogP contribution is 2.42. The Labute approximate surface area is 190 Å². The second-order valence-corrected chi connectivity index (χ2v) is 8.30. The van der Waals surface area contributed by atoms with Gasteiger partial charge in [0, 0.05) is 42.0 Å². The topological polar surface area (TPSA) is 66.2 Å². The minimum absolute atomic E-state index is 0.00635. The minimum Gasteiger partial charge on any atom is -0.373 e. The summed E-state index contributed by atoms with van der Waals surface area (Å²) < 4.78 is 29.9. The summed E-state index contributed by atoms with van der Waals surface area (Å²) in [4.78, 5) is 6.78. The van der Waals surface area contributed by atoms with E-state index in [2.05, 4.69) is 15.3 Å². The molecule has 2 N–H and O–H groups in total. The molecule has 0 radical (unpaired) electrons. The zero-order valence-electron chi connectivity index (χ0n) is 18.5. The molecule has 170 valence electrons. The highest BCUT2D eigenvalue weighted by molar-refractivity contribution is 5.94. The summed E-state index contributed by atoms with van der Waals surface area (Å²) in [7, 11) is 3.44. The number of aromatic nitrogens is 3. The van der Waals surface area contributed by atoms with E-state index in [0.29, 0.717) is 23.4 Å². The number of fused-ring (bicyclic) bond motifs is 2. The Morgan fingerprint density at radius 1 is 1.12 bits per heavy atom. The summed E-state index contributed by atoms with van der Waals surface area (Å²) in [5, 5.41) is 18.1. The Kier molecular flexibility index (Phi) is 5.55. The van der Waals surface area contributed by atoms with Crippen LogP contribution in [0.25, 0.3) is 22.0 Å². The van der Waals surface area contributed by atoms with Crippen molar-refractivity contribution in [2.45, 2.75) is 25.5 Å². The third-order valence-electron chi connectivity index (χ3n) is 6.19. The van der Waals surface area contributed by atoms with Gasteiger partial charge in [-0.25, -0.2) is 13.8 Å². The first kappa shape index (κ1) is 21.5. The van der Waals surface area contributed by atoms with Crippen molar-refractivity contribution in [3.63, 3.8) is 0 Å². The first-order chi connectivity index (χ1) is 16.0. The van der Waals surface area contributed by atoms with Crippen LogP contribution >= 0.6 is 0 Å². The average molecular weight is 450 g/mol. The van der Waals surface area contributed by atoms with Gasteiger partial charge < -0.3 is 10.0 Å². The SMILES string of the molecule is CNC(O)c1ccc2cccc(N3CCCc4cc(-c5cnn(C)c5)c(C(F)F)cc43)c2n1. The lowest BCUT2D eigenvalue weighted by molar-refractivity contribution is 0.145. The monoisotopic (exact) mass is 449 g/mol. The maximum absolute atomic E-state index is 14.2. The number of hydrogen-bond donors (Lipinski definition) is 2. The summed E-state index contributed by atoms with van der Waals surface area (Å²) in [6, 6.07) is 13.1. The van der Waals surface area contributed by atoms with Crippen molar-refractivity contribution < 1.29 is 13.9 Å². The fourth-order valence-electron chi connectivity index (χ4n) is 4.55. The van der Waals surface area contributed by atoms with Gasteiger partial charge >= 0.3 is 0 Å². The van der Waals surface area contributed by atoms with Crippen LogP contribution in [0.1, 0.15) is 35.9 Å². The van der Waals surface area contributed by atoms with Gasteiger partial charge in [-0.3, -0.25) is 10.00 Å². The Morgan fingerprint density at radius 2 is 1.97 bits per heavy atom. The molecular formula is C25H25F2N5O. The van der Waals surface area contributed by atoms with Crippen molar-refractivity contribution in [3.8, 4) is 11.1 Å². The number of aliphatic hydroxyl groups excluding tert-OH is 1. The van der Waals surface area contributed by atoms with E-state index in [9.17, 15) is 13.9 Å². The number of halogens is 2. The maximum Gasteiger partial charge on any atom is 0.264 e. The standard InChI is InChI=1S/C25H25F2N5O/c1-28-25(33)20-9-8-15-5-3-7-21(23(15)30-20)32-10-4-6-16-11-18(17-13-29-31(2)14-17)19(24(26)27)12-22(16)32/h3,5,7-9,11-14,24-25,28,33H,4,6,10H2,1-2H3. The summed E-state index contributed by atoms with van der Waals surface area (Å²) in [5.41, 5.74) is 5.08. The number of nitrogens with one attached hydrogen (secondary N) is 1. The molecule has 0 saturated heterocycles. The predicted molar refractivity (Wildman–Crippen MR) is 125 cm³/mol. The van der Waals surface area contributed by atoms with Gasteiger partial charge in [-0.15, -0.1) is 0 Å². The molecule has 1 aliphatic heterocycles. The van der Waals surface area contributed by atoms with Crippen LogP contribution in [0.5, 0.6) is 0 Å². The summed E-state index contributed by atoms with van der Waals surface area (Å²) >= 11 is 0. The van der Waals surface area contributed by atoms with Crippen LogP contribution in [-0.2, 0) is 13.5 Å². The van der Waals surface area contributed by atoms with Crippen LogP contribution in [0.2, 0.25) is 0 Å². The first-order valence-corrected chi connectivity index (χ1v) is 10.9. The van der Waals surface area contributed by atoms with Crippen molar-refractivity contribution in [1.82, 2.24) is 20.1 Å². The van der Waals surface area contributed by atoms with Gasteiger partial charge in [-0.2, -0.15) is 5.10 Å². The van der Waals surface area contributed by atoms with Crippen LogP contribution < -0.4 is 10.2 Å². The van der Waals surface area contributed by atoms with Gasteiger partial charge in [0.2, 0.25) is 0 Å². The largest absolute Gasteiger partial charge is 0.373 e. The Bertz CT molecular complexity index is 1320. The molecule has 0 spiro atoms. The van der Waals surface area contributed by atoms with Crippen LogP contribution in [0.15, 0.2) is 54.9 Å². The highest BCUT2D eigenvalue weighted by Gasteiger charge is 2.26. The number of aliphatic hydroxyl groups is 1. The van der Waals surface area contributed by atoms with E-state index in [1.165, 1.54) is 0 Å². The molecule has 0 fully saturated rings. The van der Waals surface area contributed by atoms with Crippen molar-refractivity contribution in [3.05, 3.63) is 71.7 Å². The summed E-state index contributed by atoms with van der Waals surface area (Å²) in [5.74, 6) is 0. The Balaban J connectivity index is 1.67. The third-order valence-corrected chi connectivity index (χ3v) is 6.19. The van der Waals surface area contributed by atoms with Crippen LogP contribution in [0, 0.1) is 0 Å². The van der Waals surface area contributed by atoms with E-state index in [1.807, 2.05) is 30.3 Å². The lowest BCUT2D eigenvalue weighted by Gasteiger charge is -2.33. The number of nitrogens with zero attached hydrogens (tertiary/aromatic N) is 4. The van der Waals surface area contributed by atoms with E-state index < -0.39 is 12.7 Å². The predicted octanol–water partition coefficient (Wildman–Crippen LogP) is 4.87. The number of benzene rings is 2. The zero-order valence-corrected chi connectivity index (χ0v) is 18.5. The maximum atomic E-state index is 14.2. The van der Waals surface area contributed by atoms with Gasteiger partial charge in [-0.1, -0.05) is 18.2 Å². The normalized spacial score (nSPS) is 14.7. The molecule has 1 aliphatic rings. The fourth-order valence-corrected chi connectivity index (χ4v) is 4.55. The van der Waals surface area contributed by atoms with E-state index >= 15 is 0 Å². The lowest BCUT2D eigenvalue weighted by atomic mass is 9.92. The van der Waals surface area contributed by atoms with Crippen molar-refractivity contribution in [2.24, 2.45) is 7.05 Å². The molecule has 33 heavy (non-hydrogen) atoms. The molecular weight excluding hydrogens is 424 g/mol. The van der Waals surface area contributed by atoms with E-state index in [1.54, 1.807) is 43.3 Å². The smallest absolute Gasteiger partial charge is 0.264 e. The molecule has 1 atom stereocenters. The molecule has 2 aromatic heterocycles. The van der Waals surface area contributed by atoms with Gasteiger partial charge in [0.1, 0.15) is 6.23 Å². The van der Waals surface area contributed by atoms with Crippen molar-refractivity contribution in [1.29, 1.82) is 0 Å². The molecule has 0 aliphatic carbocycles. The molecule has 8 heteroatoms. The van der Waals surface area contributed by atoms with Gasteiger partial charge in [-0.05, 0) is 55.3 Å². The Hall–Kier alpha value is -3.36. The van der Waals surface area contributed by atoms with Gasteiger partial charge in [0.25, 0.3) is 6.43 Å². The fraction of sp³-hybridized carbons (Fsp3) is 0.280. The summed E-state index contributed by atoms with van der Waals surface area (Å²) in [6.45, 7) is 0.696. The van der Waals surface area contributed by atoms with Gasteiger partial charge in [0.15, 0.2) is 0 Å². The lowest BCUT2D eigenvalue weighted by Crippen LogP contribution is -2.25. The number of pyridine rings is 1. The van der Waals surface area contributed by atoms with Crippen LogP contribution in [-0.4, -0.2) is 33.5 Å². The molecule has 2 aromatic carbocycles. The molecule has 0 bridgehead atoms. The van der Waals surface area contributed by atoms with E-state index in [4.69, 9.17) is 4.98 Å². The molecule has 0 saturated carbocycles. The highest BCUT2D eigenvalue weighted by atomic mass is 19.3. The van der Waals surface area contributed by atoms with Crippen LogP contribution in [0.4, 0.5) is 20.2 Å². The average Bonchev–Trinajstić information content (AvgIpc) is 3.27. The van der Waals surface area contributed by atoms with Crippen molar-refractivity contribution >= 4 is 22.3 Å². The van der Waals surface area contributed by atoms with E-state index in [0.717, 1.165) is 40.7 Å². The number of para-hydroxylation sites is 1. The Morgan fingerprint density at radius 3 is 2.70 bits per heavy atom. The van der Waals surface area contributed by atoms with Crippen molar-refractivity contribution in [2.75, 3.05) is 18.5 Å². The molecule has 4 aromatic rings. The minimum atomic E-state index is -2.61. The molecule has 1 unspecified atom stereocenters. The van der Waals surface area contributed by atoms with E-state index in [-0.39, 0.29) is 5.56 Å². The second-order valence-electron chi connectivity index (χ2n) is 8.30. The van der Waals surface area contributed by atoms with Gasteiger partial charge in [0.05, 0.1) is 23.1 Å². The number of hydrogen-bond acceptors (Lipinski definition) is 5.